The first-order valence-electron chi connectivity index (χ1n) is 7.21. The lowest BCUT2D eigenvalue weighted by Gasteiger charge is -2.07. The van der Waals surface area contributed by atoms with Crippen molar-refractivity contribution in [2.75, 3.05) is 0 Å². The van der Waals surface area contributed by atoms with Gasteiger partial charge in [0.25, 0.3) is 0 Å². The summed E-state index contributed by atoms with van der Waals surface area (Å²) in [5, 5.41) is 4.39. The molecule has 0 bridgehead atoms. The standard InChI is InChI=1S/C18H15ClN2O2/c19-15-7-5-13(6-8-15)9-20-18(23)11-21-10-14(12-22)16-3-1-2-4-17(16)21/h1-8,10,12H,9,11H2,(H,20,23). The Labute approximate surface area is 138 Å². The monoisotopic (exact) mass is 326 g/mol. The lowest BCUT2D eigenvalue weighted by molar-refractivity contribution is -0.121. The number of nitrogens with one attached hydrogen (secondary N) is 1. The number of benzene rings is 2. The first-order valence-corrected chi connectivity index (χ1v) is 7.59. The molecule has 2 aromatic carbocycles. The number of fused-ring (bicyclic) bond motifs is 1. The molecule has 0 spiro atoms. The smallest absolute Gasteiger partial charge is 0.240 e. The number of rotatable bonds is 5. The van der Waals surface area contributed by atoms with E-state index >= 15 is 0 Å². The van der Waals surface area contributed by atoms with Crippen LogP contribution in [0.3, 0.4) is 0 Å². The van der Waals surface area contributed by atoms with Gasteiger partial charge >= 0.3 is 0 Å². The minimum Gasteiger partial charge on any atom is -0.350 e. The molecule has 0 saturated heterocycles. The lowest BCUT2D eigenvalue weighted by Crippen LogP contribution is -2.26. The Hall–Kier alpha value is -2.59. The highest BCUT2D eigenvalue weighted by atomic mass is 35.5. The summed E-state index contributed by atoms with van der Waals surface area (Å²) < 4.78 is 1.79. The van der Waals surface area contributed by atoms with Gasteiger partial charge in [0, 0.05) is 34.2 Å². The van der Waals surface area contributed by atoms with Crippen LogP contribution in [0.4, 0.5) is 0 Å². The highest BCUT2D eigenvalue weighted by Crippen LogP contribution is 2.19. The summed E-state index contributed by atoms with van der Waals surface area (Å²) >= 11 is 5.83. The van der Waals surface area contributed by atoms with Gasteiger partial charge in [0.15, 0.2) is 6.29 Å². The molecule has 1 N–H and O–H groups in total. The quantitative estimate of drug-likeness (QED) is 0.730. The third-order valence-electron chi connectivity index (χ3n) is 3.66. The van der Waals surface area contributed by atoms with Crippen molar-refractivity contribution in [1.29, 1.82) is 0 Å². The second-order valence-corrected chi connectivity index (χ2v) is 5.69. The number of aldehydes is 1. The fourth-order valence-corrected chi connectivity index (χ4v) is 2.64. The van der Waals surface area contributed by atoms with Crippen LogP contribution in [0.1, 0.15) is 15.9 Å². The molecule has 0 saturated carbocycles. The summed E-state index contributed by atoms with van der Waals surface area (Å²) in [7, 11) is 0. The predicted molar refractivity (Wildman–Crippen MR) is 90.6 cm³/mol. The number of amides is 1. The summed E-state index contributed by atoms with van der Waals surface area (Å²) in [5.74, 6) is -0.113. The normalized spacial score (nSPS) is 10.7. The van der Waals surface area contributed by atoms with Gasteiger partial charge in [-0.2, -0.15) is 0 Å². The van der Waals surface area contributed by atoms with Crippen LogP contribution in [-0.2, 0) is 17.9 Å². The van der Waals surface area contributed by atoms with Crippen molar-refractivity contribution in [1.82, 2.24) is 9.88 Å². The van der Waals surface area contributed by atoms with E-state index in [2.05, 4.69) is 5.32 Å². The molecule has 0 fully saturated rings. The molecule has 0 radical (unpaired) electrons. The van der Waals surface area contributed by atoms with Gasteiger partial charge in [0.1, 0.15) is 6.54 Å². The number of para-hydroxylation sites is 1. The van der Waals surface area contributed by atoms with Crippen molar-refractivity contribution in [2.24, 2.45) is 0 Å². The van der Waals surface area contributed by atoms with E-state index in [-0.39, 0.29) is 12.5 Å². The van der Waals surface area contributed by atoms with Crippen molar-refractivity contribution < 1.29 is 9.59 Å². The van der Waals surface area contributed by atoms with Crippen LogP contribution in [0, 0.1) is 0 Å². The third-order valence-corrected chi connectivity index (χ3v) is 3.92. The van der Waals surface area contributed by atoms with Gasteiger partial charge in [-0.05, 0) is 23.8 Å². The van der Waals surface area contributed by atoms with E-state index < -0.39 is 0 Å². The molecule has 4 nitrogen and oxygen atoms in total. The molecule has 0 unspecified atom stereocenters. The summed E-state index contributed by atoms with van der Waals surface area (Å²) in [4.78, 5) is 23.3. The molecule has 1 amide bonds. The Morgan fingerprint density at radius 1 is 1.13 bits per heavy atom. The summed E-state index contributed by atoms with van der Waals surface area (Å²) in [5.41, 5.74) is 2.44. The van der Waals surface area contributed by atoms with Crippen LogP contribution in [0.2, 0.25) is 5.02 Å². The van der Waals surface area contributed by atoms with Gasteiger partial charge in [-0.3, -0.25) is 9.59 Å². The largest absolute Gasteiger partial charge is 0.350 e. The minimum atomic E-state index is -0.113. The molecule has 23 heavy (non-hydrogen) atoms. The van der Waals surface area contributed by atoms with Crippen LogP contribution in [-0.4, -0.2) is 16.8 Å². The van der Waals surface area contributed by atoms with Crippen molar-refractivity contribution in [3.63, 3.8) is 0 Å². The van der Waals surface area contributed by atoms with Crippen LogP contribution in [0.5, 0.6) is 0 Å². The van der Waals surface area contributed by atoms with Gasteiger partial charge in [0.2, 0.25) is 5.91 Å². The highest BCUT2D eigenvalue weighted by Gasteiger charge is 2.10. The van der Waals surface area contributed by atoms with Crippen molar-refractivity contribution in [2.45, 2.75) is 13.1 Å². The lowest BCUT2D eigenvalue weighted by atomic mass is 10.2. The number of hydrogen-bond donors (Lipinski definition) is 1. The Bertz CT molecular complexity index is 853. The van der Waals surface area contributed by atoms with Crippen LogP contribution >= 0.6 is 11.6 Å². The minimum absolute atomic E-state index is 0.113. The Kier molecular flexibility index (Phi) is 4.44. The maximum atomic E-state index is 12.1. The number of aromatic nitrogens is 1. The molecule has 0 aliphatic heterocycles. The number of hydrogen-bond acceptors (Lipinski definition) is 2. The Balaban J connectivity index is 1.70. The first kappa shape index (κ1) is 15.3. The zero-order chi connectivity index (χ0) is 16.2. The zero-order valence-electron chi connectivity index (χ0n) is 12.3. The molecular formula is C18H15ClN2O2. The zero-order valence-corrected chi connectivity index (χ0v) is 13.1. The maximum absolute atomic E-state index is 12.1. The van der Waals surface area contributed by atoms with Crippen LogP contribution in [0.25, 0.3) is 10.9 Å². The number of carbonyl (C=O) groups is 2. The van der Waals surface area contributed by atoms with Crippen LogP contribution in [0.15, 0.2) is 54.7 Å². The van der Waals surface area contributed by atoms with E-state index in [4.69, 9.17) is 11.6 Å². The fraction of sp³-hybridized carbons (Fsp3) is 0.111. The highest BCUT2D eigenvalue weighted by molar-refractivity contribution is 6.30. The van der Waals surface area contributed by atoms with Crippen molar-refractivity contribution in [3.05, 3.63) is 70.9 Å². The second-order valence-electron chi connectivity index (χ2n) is 5.25. The van der Waals surface area contributed by atoms with Gasteiger partial charge in [-0.25, -0.2) is 0 Å². The predicted octanol–water partition coefficient (Wildman–Crippen LogP) is 3.42. The van der Waals surface area contributed by atoms with E-state index in [0.717, 1.165) is 22.8 Å². The average molecular weight is 327 g/mol. The molecule has 116 valence electrons. The van der Waals surface area contributed by atoms with E-state index in [1.165, 1.54) is 0 Å². The Morgan fingerprint density at radius 2 is 1.87 bits per heavy atom. The van der Waals surface area contributed by atoms with Gasteiger partial charge in [-0.15, -0.1) is 0 Å². The molecule has 0 aliphatic carbocycles. The first-order chi connectivity index (χ1) is 11.2. The second kappa shape index (κ2) is 6.67. The van der Waals surface area contributed by atoms with Crippen molar-refractivity contribution >= 4 is 34.7 Å². The summed E-state index contributed by atoms with van der Waals surface area (Å²) in [6.45, 7) is 0.609. The molecular weight excluding hydrogens is 312 g/mol. The number of halogens is 1. The Morgan fingerprint density at radius 3 is 2.61 bits per heavy atom. The molecule has 5 heteroatoms. The SMILES string of the molecule is O=Cc1cn(CC(=O)NCc2ccc(Cl)cc2)c2ccccc12. The van der Waals surface area contributed by atoms with Gasteiger partial charge in [0.05, 0.1) is 0 Å². The van der Waals surface area contributed by atoms with Gasteiger partial charge < -0.3 is 9.88 Å². The molecule has 0 atom stereocenters. The number of nitrogens with zero attached hydrogens (tertiary/aromatic N) is 1. The van der Waals surface area contributed by atoms with Crippen LogP contribution < -0.4 is 5.32 Å². The van der Waals surface area contributed by atoms with E-state index in [1.807, 2.05) is 36.4 Å². The topological polar surface area (TPSA) is 51.1 Å². The van der Waals surface area contributed by atoms with E-state index in [9.17, 15) is 9.59 Å². The number of carbonyl (C=O) groups excluding carboxylic acids is 2. The average Bonchev–Trinajstić information content (AvgIpc) is 2.92. The molecule has 1 heterocycles. The summed E-state index contributed by atoms with van der Waals surface area (Å²) in [6.07, 6.45) is 2.52. The molecule has 3 aromatic rings. The third kappa shape index (κ3) is 3.43. The van der Waals surface area contributed by atoms with Crippen molar-refractivity contribution in [3.8, 4) is 0 Å². The summed E-state index contributed by atoms with van der Waals surface area (Å²) in [6, 6.07) is 14.9. The fourth-order valence-electron chi connectivity index (χ4n) is 2.51. The van der Waals surface area contributed by atoms with Gasteiger partial charge in [-0.1, -0.05) is 41.9 Å². The molecule has 1 aromatic heterocycles. The maximum Gasteiger partial charge on any atom is 0.240 e. The van der Waals surface area contributed by atoms with E-state index in [1.54, 1.807) is 22.9 Å². The molecule has 0 aliphatic rings. The molecule has 3 rings (SSSR count). The van der Waals surface area contributed by atoms with E-state index in [0.29, 0.717) is 17.1 Å².